The first-order chi connectivity index (χ1) is 9.33. The van der Waals surface area contributed by atoms with Crippen LogP contribution in [0.3, 0.4) is 0 Å². The zero-order chi connectivity index (χ0) is 13.8. The average Bonchev–Trinajstić information content (AvgIpc) is 2.44. The normalized spacial score (nSPS) is 10.4. The molecular weight excluding hydrogens is 276 g/mol. The van der Waals surface area contributed by atoms with Gasteiger partial charge in [0, 0.05) is 30.8 Å². The van der Waals surface area contributed by atoms with E-state index in [1.165, 1.54) is 0 Å². The van der Waals surface area contributed by atoms with Gasteiger partial charge in [-0.15, -0.1) is 0 Å². The van der Waals surface area contributed by atoms with Crippen molar-refractivity contribution in [1.29, 1.82) is 0 Å². The molecule has 1 N–H and O–H groups in total. The fourth-order valence-electron chi connectivity index (χ4n) is 1.30. The standard InChI is InChI=1S/C14H22N2OS2/c1-3-10-17-11-9-15-13(2)7-12-18-19-14-6-4-5-8-16-14/h4-6,8,15H,2-3,7,9-12H2,1H3. The van der Waals surface area contributed by atoms with Crippen molar-refractivity contribution in [3.8, 4) is 0 Å². The Kier molecular flexibility index (Phi) is 9.67. The van der Waals surface area contributed by atoms with Crippen LogP contribution in [0.5, 0.6) is 0 Å². The van der Waals surface area contributed by atoms with Crippen molar-refractivity contribution >= 4 is 21.6 Å². The summed E-state index contributed by atoms with van der Waals surface area (Å²) in [6, 6.07) is 5.96. The second-order valence-electron chi connectivity index (χ2n) is 3.97. The first kappa shape index (κ1) is 16.4. The molecule has 0 saturated carbocycles. The summed E-state index contributed by atoms with van der Waals surface area (Å²) < 4.78 is 5.40. The minimum Gasteiger partial charge on any atom is -0.386 e. The first-order valence-corrected chi connectivity index (χ1v) is 8.84. The first-order valence-electron chi connectivity index (χ1n) is 6.53. The van der Waals surface area contributed by atoms with Gasteiger partial charge in [-0.1, -0.05) is 30.4 Å². The van der Waals surface area contributed by atoms with E-state index in [1.54, 1.807) is 21.6 Å². The molecule has 0 saturated heterocycles. The van der Waals surface area contributed by atoms with E-state index in [0.717, 1.165) is 49.1 Å². The molecule has 0 aliphatic carbocycles. The third-order valence-electron chi connectivity index (χ3n) is 2.24. The van der Waals surface area contributed by atoms with Crippen LogP contribution in [0.2, 0.25) is 0 Å². The van der Waals surface area contributed by atoms with Gasteiger partial charge in [-0.25, -0.2) is 4.98 Å². The lowest BCUT2D eigenvalue weighted by molar-refractivity contribution is 0.138. The third-order valence-corrected chi connectivity index (χ3v) is 4.51. The van der Waals surface area contributed by atoms with Gasteiger partial charge in [0.15, 0.2) is 0 Å². The fourth-order valence-corrected chi connectivity index (χ4v) is 3.23. The summed E-state index contributed by atoms with van der Waals surface area (Å²) in [5, 5.41) is 4.34. The van der Waals surface area contributed by atoms with Gasteiger partial charge in [0.25, 0.3) is 0 Å². The number of ether oxygens (including phenoxy) is 1. The maximum atomic E-state index is 5.40. The summed E-state index contributed by atoms with van der Waals surface area (Å²) >= 11 is 0. The van der Waals surface area contributed by atoms with Crippen LogP contribution in [0.1, 0.15) is 19.8 Å². The summed E-state index contributed by atoms with van der Waals surface area (Å²) in [5.74, 6) is 1.03. The molecule has 5 heteroatoms. The van der Waals surface area contributed by atoms with Crippen molar-refractivity contribution in [2.75, 3.05) is 25.5 Å². The Labute approximate surface area is 124 Å². The van der Waals surface area contributed by atoms with E-state index in [9.17, 15) is 0 Å². The number of pyridine rings is 1. The van der Waals surface area contributed by atoms with Crippen LogP contribution in [-0.2, 0) is 4.74 Å². The van der Waals surface area contributed by atoms with Crippen LogP contribution in [-0.4, -0.2) is 30.5 Å². The zero-order valence-corrected chi connectivity index (χ0v) is 13.1. The van der Waals surface area contributed by atoms with Crippen LogP contribution >= 0.6 is 21.6 Å². The third kappa shape index (κ3) is 8.97. The molecule has 0 amide bonds. The van der Waals surface area contributed by atoms with Crippen molar-refractivity contribution in [1.82, 2.24) is 10.3 Å². The molecule has 0 spiro atoms. The highest BCUT2D eigenvalue weighted by Crippen LogP contribution is 2.29. The van der Waals surface area contributed by atoms with Crippen molar-refractivity contribution in [3.63, 3.8) is 0 Å². The Morgan fingerprint density at radius 1 is 1.42 bits per heavy atom. The largest absolute Gasteiger partial charge is 0.386 e. The highest BCUT2D eigenvalue weighted by atomic mass is 33.1. The van der Waals surface area contributed by atoms with E-state index in [-0.39, 0.29) is 0 Å². The molecule has 0 unspecified atom stereocenters. The van der Waals surface area contributed by atoms with E-state index in [4.69, 9.17) is 4.74 Å². The SMILES string of the molecule is C=C(CCSSc1ccccn1)NCCOCCC. The lowest BCUT2D eigenvalue weighted by atomic mass is 10.4. The second-order valence-corrected chi connectivity index (χ2v) is 6.40. The highest BCUT2D eigenvalue weighted by Gasteiger charge is 1.97. The van der Waals surface area contributed by atoms with Crippen LogP contribution in [0.4, 0.5) is 0 Å². The molecule has 0 radical (unpaired) electrons. The van der Waals surface area contributed by atoms with Crippen molar-refractivity contribution < 1.29 is 4.74 Å². The Hall–Kier alpha value is -0.650. The zero-order valence-electron chi connectivity index (χ0n) is 11.4. The molecule has 1 rings (SSSR count). The molecule has 0 bridgehead atoms. The minimum absolute atomic E-state index is 0.753. The lowest BCUT2D eigenvalue weighted by Gasteiger charge is -2.09. The van der Waals surface area contributed by atoms with Crippen molar-refractivity contribution in [2.24, 2.45) is 0 Å². The topological polar surface area (TPSA) is 34.2 Å². The van der Waals surface area contributed by atoms with Crippen LogP contribution in [0.15, 0.2) is 41.7 Å². The molecular formula is C14H22N2OS2. The molecule has 0 aromatic carbocycles. The molecule has 1 heterocycles. The minimum atomic E-state index is 0.753. The molecule has 106 valence electrons. The van der Waals surface area contributed by atoms with E-state index in [2.05, 4.69) is 23.8 Å². The second kappa shape index (κ2) is 11.2. The van der Waals surface area contributed by atoms with Gasteiger partial charge in [0.2, 0.25) is 0 Å². The molecule has 0 aliphatic heterocycles. The number of hydrogen-bond acceptors (Lipinski definition) is 5. The van der Waals surface area contributed by atoms with Gasteiger partial charge in [0.05, 0.1) is 6.61 Å². The predicted molar refractivity (Wildman–Crippen MR) is 85.4 cm³/mol. The van der Waals surface area contributed by atoms with Gasteiger partial charge in [-0.2, -0.15) is 0 Å². The number of rotatable bonds is 11. The summed E-state index contributed by atoms with van der Waals surface area (Å²) in [4.78, 5) is 4.26. The summed E-state index contributed by atoms with van der Waals surface area (Å²) in [7, 11) is 3.51. The summed E-state index contributed by atoms with van der Waals surface area (Å²) in [6.07, 6.45) is 3.86. The van der Waals surface area contributed by atoms with E-state index in [0.29, 0.717) is 0 Å². The molecule has 0 aliphatic rings. The van der Waals surface area contributed by atoms with Crippen molar-refractivity contribution in [2.45, 2.75) is 24.8 Å². The van der Waals surface area contributed by atoms with Gasteiger partial charge in [0.1, 0.15) is 5.03 Å². The summed E-state index contributed by atoms with van der Waals surface area (Å²) in [5.41, 5.74) is 1.08. The summed E-state index contributed by atoms with van der Waals surface area (Å²) in [6.45, 7) is 8.56. The van der Waals surface area contributed by atoms with Gasteiger partial charge >= 0.3 is 0 Å². The van der Waals surface area contributed by atoms with E-state index in [1.807, 2.05) is 24.4 Å². The molecule has 19 heavy (non-hydrogen) atoms. The Balaban J connectivity index is 1.95. The molecule has 0 fully saturated rings. The smallest absolute Gasteiger partial charge is 0.106 e. The molecule has 1 aromatic rings. The molecule has 3 nitrogen and oxygen atoms in total. The number of nitrogens with one attached hydrogen (secondary N) is 1. The number of nitrogens with zero attached hydrogens (tertiary/aromatic N) is 1. The average molecular weight is 298 g/mol. The quantitative estimate of drug-likeness (QED) is 0.497. The van der Waals surface area contributed by atoms with Crippen LogP contribution in [0.25, 0.3) is 0 Å². The van der Waals surface area contributed by atoms with Crippen molar-refractivity contribution in [3.05, 3.63) is 36.7 Å². The molecule has 0 atom stereocenters. The van der Waals surface area contributed by atoms with Gasteiger partial charge in [-0.05, 0) is 35.8 Å². The Morgan fingerprint density at radius 2 is 2.32 bits per heavy atom. The number of hydrogen-bond donors (Lipinski definition) is 1. The fraction of sp³-hybridized carbons (Fsp3) is 0.500. The number of allylic oxidation sites excluding steroid dienone is 1. The Morgan fingerprint density at radius 3 is 3.05 bits per heavy atom. The highest BCUT2D eigenvalue weighted by molar-refractivity contribution is 8.76. The molecule has 1 aromatic heterocycles. The maximum Gasteiger partial charge on any atom is 0.106 e. The van der Waals surface area contributed by atoms with Crippen LogP contribution in [0, 0.1) is 0 Å². The maximum absolute atomic E-state index is 5.40. The van der Waals surface area contributed by atoms with E-state index < -0.39 is 0 Å². The predicted octanol–water partition coefficient (Wildman–Crippen LogP) is 3.74. The van der Waals surface area contributed by atoms with Crippen LogP contribution < -0.4 is 5.32 Å². The monoisotopic (exact) mass is 298 g/mol. The van der Waals surface area contributed by atoms with Gasteiger partial charge < -0.3 is 10.1 Å². The van der Waals surface area contributed by atoms with E-state index >= 15 is 0 Å². The Bertz CT molecular complexity index is 347. The van der Waals surface area contributed by atoms with Gasteiger partial charge in [-0.3, -0.25) is 0 Å². The number of aromatic nitrogens is 1. The lowest BCUT2D eigenvalue weighted by Crippen LogP contribution is -2.19.